The van der Waals surface area contributed by atoms with E-state index in [2.05, 4.69) is 10.4 Å². The van der Waals surface area contributed by atoms with Crippen molar-refractivity contribution < 1.29 is 9.21 Å². The van der Waals surface area contributed by atoms with Gasteiger partial charge in [-0.05, 0) is 44.0 Å². The molecule has 1 fully saturated rings. The van der Waals surface area contributed by atoms with E-state index in [4.69, 9.17) is 9.40 Å². The van der Waals surface area contributed by atoms with Gasteiger partial charge in [-0.15, -0.1) is 5.10 Å². The number of carbonyl (C=O) groups excluding carboxylic acids is 1. The molecule has 6 nitrogen and oxygen atoms in total. The van der Waals surface area contributed by atoms with Gasteiger partial charge in [0.2, 0.25) is 11.1 Å². The van der Waals surface area contributed by atoms with Crippen molar-refractivity contribution in [2.75, 3.05) is 5.75 Å². The first kappa shape index (κ1) is 18.9. The second-order valence-electron chi connectivity index (χ2n) is 7.54. The Bertz CT molecular complexity index is 1150. The fourth-order valence-corrected chi connectivity index (χ4v) is 4.07. The Morgan fingerprint density at radius 3 is 2.73 bits per heavy atom. The molecule has 5 rings (SSSR count). The lowest BCUT2D eigenvalue weighted by Crippen LogP contribution is -2.27. The fraction of sp³-hybridized carbons (Fsp3) is 0.261. The van der Waals surface area contributed by atoms with Crippen molar-refractivity contribution in [3.8, 4) is 5.69 Å². The molecule has 1 atom stereocenters. The number of aromatic nitrogens is 3. The maximum absolute atomic E-state index is 12.5. The lowest BCUT2D eigenvalue weighted by molar-refractivity contribution is -0.119. The molecule has 152 valence electrons. The largest absolute Gasteiger partial charge is 0.459 e. The van der Waals surface area contributed by atoms with Gasteiger partial charge in [-0.3, -0.25) is 4.79 Å². The Hall–Kier alpha value is -3.06. The van der Waals surface area contributed by atoms with E-state index in [1.165, 1.54) is 11.8 Å². The van der Waals surface area contributed by atoms with Crippen molar-refractivity contribution in [2.45, 2.75) is 36.9 Å². The van der Waals surface area contributed by atoms with E-state index in [9.17, 15) is 4.79 Å². The van der Waals surface area contributed by atoms with Gasteiger partial charge in [-0.25, -0.2) is 9.67 Å². The lowest BCUT2D eigenvalue weighted by Gasteiger charge is -2.10. The molecule has 2 aromatic heterocycles. The second kappa shape index (κ2) is 7.99. The average molecular weight is 419 g/mol. The van der Waals surface area contributed by atoms with Gasteiger partial charge in [0.05, 0.1) is 17.5 Å². The van der Waals surface area contributed by atoms with Crippen LogP contribution >= 0.6 is 11.8 Å². The number of amides is 1. The fourth-order valence-electron chi connectivity index (χ4n) is 3.43. The number of carbonyl (C=O) groups is 1. The number of hydrogen-bond donors (Lipinski definition) is 1. The molecule has 1 aliphatic carbocycles. The first-order valence-corrected chi connectivity index (χ1v) is 11.1. The summed E-state index contributed by atoms with van der Waals surface area (Å²) in [6.45, 7) is 1.92. The number of rotatable bonds is 7. The first-order chi connectivity index (χ1) is 14.7. The molecule has 1 amide bonds. The summed E-state index contributed by atoms with van der Waals surface area (Å²) in [7, 11) is 0. The van der Waals surface area contributed by atoms with E-state index in [0.717, 1.165) is 41.1 Å². The normalized spacial score (nSPS) is 14.7. The maximum Gasteiger partial charge on any atom is 0.231 e. The molecule has 1 unspecified atom stereocenters. The molecule has 4 aromatic rings. The third-order valence-electron chi connectivity index (χ3n) is 5.14. The predicted octanol–water partition coefficient (Wildman–Crippen LogP) is 4.86. The minimum Gasteiger partial charge on any atom is -0.459 e. The minimum atomic E-state index is -0.206. The number of nitrogens with zero attached hydrogens (tertiary/aromatic N) is 3. The van der Waals surface area contributed by atoms with Gasteiger partial charge in [0.1, 0.15) is 17.2 Å². The summed E-state index contributed by atoms with van der Waals surface area (Å²) in [4.78, 5) is 17.2. The molecule has 0 saturated heterocycles. The van der Waals surface area contributed by atoms with Crippen LogP contribution in [0.1, 0.15) is 43.3 Å². The van der Waals surface area contributed by atoms with Crippen LogP contribution in [-0.4, -0.2) is 26.4 Å². The Morgan fingerprint density at radius 1 is 1.20 bits per heavy atom. The Morgan fingerprint density at radius 2 is 1.97 bits per heavy atom. The Kier molecular flexibility index (Phi) is 5.04. The van der Waals surface area contributed by atoms with Crippen molar-refractivity contribution in [2.24, 2.45) is 0 Å². The number of thioether (sulfide) groups is 1. The zero-order chi connectivity index (χ0) is 20.5. The molecule has 0 radical (unpaired) electrons. The van der Waals surface area contributed by atoms with Crippen LogP contribution < -0.4 is 5.32 Å². The highest BCUT2D eigenvalue weighted by atomic mass is 32.2. The van der Waals surface area contributed by atoms with Gasteiger partial charge in [0, 0.05) is 11.3 Å². The van der Waals surface area contributed by atoms with Gasteiger partial charge in [0.15, 0.2) is 0 Å². The highest BCUT2D eigenvalue weighted by Gasteiger charge is 2.30. The van der Waals surface area contributed by atoms with Crippen molar-refractivity contribution in [3.63, 3.8) is 0 Å². The van der Waals surface area contributed by atoms with Crippen LogP contribution in [-0.2, 0) is 4.79 Å². The average Bonchev–Trinajstić information content (AvgIpc) is 3.37. The minimum absolute atomic E-state index is 0.0722. The number of hydrogen-bond acceptors (Lipinski definition) is 5. The monoisotopic (exact) mass is 418 g/mol. The van der Waals surface area contributed by atoms with E-state index in [1.807, 2.05) is 72.3 Å². The van der Waals surface area contributed by atoms with E-state index >= 15 is 0 Å². The molecule has 1 N–H and O–H groups in total. The molecule has 2 heterocycles. The van der Waals surface area contributed by atoms with E-state index in [1.54, 1.807) is 0 Å². The molecule has 1 saturated carbocycles. The van der Waals surface area contributed by atoms with Crippen LogP contribution in [0.5, 0.6) is 0 Å². The lowest BCUT2D eigenvalue weighted by atomic mass is 10.2. The number of nitrogens with one attached hydrogen (secondary N) is 1. The molecule has 0 spiro atoms. The van der Waals surface area contributed by atoms with Gasteiger partial charge in [-0.2, -0.15) is 0 Å². The third-order valence-corrected chi connectivity index (χ3v) is 5.97. The van der Waals surface area contributed by atoms with Crippen molar-refractivity contribution in [1.82, 2.24) is 20.1 Å². The Labute approximate surface area is 178 Å². The van der Waals surface area contributed by atoms with Gasteiger partial charge in [0.25, 0.3) is 0 Å². The van der Waals surface area contributed by atoms with E-state index < -0.39 is 0 Å². The van der Waals surface area contributed by atoms with Gasteiger partial charge < -0.3 is 9.73 Å². The number of para-hydroxylation sites is 2. The highest BCUT2D eigenvalue weighted by molar-refractivity contribution is 7.99. The first-order valence-electron chi connectivity index (χ1n) is 10.1. The summed E-state index contributed by atoms with van der Waals surface area (Å²) in [5, 5.41) is 9.31. The summed E-state index contributed by atoms with van der Waals surface area (Å²) in [5.74, 6) is 2.38. The summed E-state index contributed by atoms with van der Waals surface area (Å²) in [6.07, 6.45) is 2.29. The summed E-state index contributed by atoms with van der Waals surface area (Å²) < 4.78 is 7.76. The summed E-state index contributed by atoms with van der Waals surface area (Å²) >= 11 is 1.36. The number of benzene rings is 2. The number of fused-ring (bicyclic) bond motifs is 1. The Balaban J connectivity index is 1.24. The molecule has 2 aromatic carbocycles. The molecule has 7 heteroatoms. The van der Waals surface area contributed by atoms with E-state index in [-0.39, 0.29) is 17.7 Å². The van der Waals surface area contributed by atoms with Crippen LogP contribution in [0.25, 0.3) is 16.7 Å². The summed E-state index contributed by atoms with van der Waals surface area (Å²) in [6, 6.07) is 19.6. The van der Waals surface area contributed by atoms with Crippen molar-refractivity contribution in [1.29, 1.82) is 0 Å². The smallest absolute Gasteiger partial charge is 0.231 e. The van der Waals surface area contributed by atoms with Crippen LogP contribution in [0.3, 0.4) is 0 Å². The third kappa shape index (κ3) is 3.98. The van der Waals surface area contributed by atoms with Crippen LogP contribution in [0.15, 0.2) is 70.2 Å². The quantitative estimate of drug-likeness (QED) is 0.434. The standard InChI is InChI=1S/C23H22N4O2S/c1-15(20-13-17-7-5-6-10-19(17)29-20)24-21(28)14-30-23-25-22(16-11-12-16)27(26-23)18-8-3-2-4-9-18/h2-10,13,15-16H,11-12,14H2,1H3,(H,24,28). The van der Waals surface area contributed by atoms with Crippen molar-refractivity contribution >= 4 is 28.6 Å². The van der Waals surface area contributed by atoms with Gasteiger partial charge >= 0.3 is 0 Å². The molecule has 30 heavy (non-hydrogen) atoms. The molecule has 0 aliphatic heterocycles. The second-order valence-corrected chi connectivity index (χ2v) is 8.48. The molecular weight excluding hydrogens is 396 g/mol. The number of furan rings is 1. The predicted molar refractivity (Wildman–Crippen MR) is 117 cm³/mol. The SMILES string of the molecule is CC(NC(=O)CSc1nc(C2CC2)n(-c2ccccc2)n1)c1cc2ccccc2o1. The molecule has 0 bridgehead atoms. The topological polar surface area (TPSA) is 73.0 Å². The molecular formula is C23H22N4O2S. The maximum atomic E-state index is 12.5. The van der Waals surface area contributed by atoms with Crippen LogP contribution in [0.4, 0.5) is 0 Å². The highest BCUT2D eigenvalue weighted by Crippen LogP contribution is 2.40. The van der Waals surface area contributed by atoms with E-state index in [0.29, 0.717) is 11.1 Å². The zero-order valence-corrected chi connectivity index (χ0v) is 17.4. The summed E-state index contributed by atoms with van der Waals surface area (Å²) in [5.41, 5.74) is 1.83. The van der Waals surface area contributed by atoms with Crippen LogP contribution in [0.2, 0.25) is 0 Å². The molecule has 1 aliphatic rings. The zero-order valence-electron chi connectivity index (χ0n) is 16.6. The van der Waals surface area contributed by atoms with Gasteiger partial charge in [-0.1, -0.05) is 48.2 Å². The van der Waals surface area contributed by atoms with Crippen LogP contribution in [0, 0.1) is 0 Å². The van der Waals surface area contributed by atoms with Crippen molar-refractivity contribution in [3.05, 3.63) is 72.2 Å².